The quantitative estimate of drug-likeness (QED) is 0.454. The average Bonchev–Trinajstić information content (AvgIpc) is 2.57. The minimum atomic E-state index is -0.164. The summed E-state index contributed by atoms with van der Waals surface area (Å²) in [5, 5.41) is 14.4. The largest absolute Gasteiger partial charge is 0.396 e. The van der Waals surface area contributed by atoms with Crippen molar-refractivity contribution in [2.24, 2.45) is 5.92 Å². The summed E-state index contributed by atoms with van der Waals surface area (Å²) in [6.45, 7) is 2.99. The Balaban J connectivity index is 2.07. The number of amides is 2. The molecule has 0 saturated carbocycles. The van der Waals surface area contributed by atoms with Crippen molar-refractivity contribution >= 4 is 17.9 Å². The maximum atomic E-state index is 11.6. The van der Waals surface area contributed by atoms with E-state index in [1.807, 2.05) is 30.3 Å². The van der Waals surface area contributed by atoms with Crippen LogP contribution in [-0.4, -0.2) is 36.6 Å². The molecule has 0 aliphatic heterocycles. The van der Waals surface area contributed by atoms with Gasteiger partial charge in [-0.2, -0.15) is 0 Å². The van der Waals surface area contributed by atoms with Gasteiger partial charge in [0.05, 0.1) is 0 Å². The van der Waals surface area contributed by atoms with Crippen molar-refractivity contribution < 1.29 is 14.7 Å². The van der Waals surface area contributed by atoms with Crippen LogP contribution in [0.25, 0.3) is 6.08 Å². The summed E-state index contributed by atoms with van der Waals surface area (Å²) >= 11 is 0. The third-order valence-electron chi connectivity index (χ3n) is 3.44. The third kappa shape index (κ3) is 8.78. The van der Waals surface area contributed by atoms with Crippen LogP contribution >= 0.6 is 0 Å². The van der Waals surface area contributed by atoms with E-state index in [1.54, 1.807) is 13.0 Å². The van der Waals surface area contributed by atoms with Crippen molar-refractivity contribution in [3.63, 3.8) is 0 Å². The first-order chi connectivity index (χ1) is 11.1. The summed E-state index contributed by atoms with van der Waals surface area (Å²) in [5.74, 6) is -0.314. The summed E-state index contributed by atoms with van der Waals surface area (Å²) < 4.78 is 0. The molecule has 1 atom stereocenters. The van der Waals surface area contributed by atoms with Gasteiger partial charge in [-0.05, 0) is 30.9 Å². The highest BCUT2D eigenvalue weighted by Gasteiger charge is 2.10. The smallest absolute Gasteiger partial charge is 0.243 e. The second-order valence-corrected chi connectivity index (χ2v) is 5.45. The van der Waals surface area contributed by atoms with Gasteiger partial charge < -0.3 is 15.7 Å². The van der Waals surface area contributed by atoms with Crippen LogP contribution in [0.5, 0.6) is 0 Å². The van der Waals surface area contributed by atoms with Gasteiger partial charge in [0.2, 0.25) is 11.8 Å². The second kappa shape index (κ2) is 11.4. The monoisotopic (exact) mass is 318 g/mol. The molecular weight excluding hydrogens is 292 g/mol. The van der Waals surface area contributed by atoms with Crippen molar-refractivity contribution in [1.82, 2.24) is 10.6 Å². The van der Waals surface area contributed by atoms with E-state index in [-0.39, 0.29) is 24.3 Å². The highest BCUT2D eigenvalue weighted by molar-refractivity contribution is 5.91. The number of unbranched alkanes of at least 4 members (excludes halogenated alkanes) is 1. The number of hydrogen-bond donors (Lipinski definition) is 3. The van der Waals surface area contributed by atoms with Crippen molar-refractivity contribution in [3.05, 3.63) is 42.0 Å². The summed E-state index contributed by atoms with van der Waals surface area (Å²) in [7, 11) is 0. The Hall–Kier alpha value is -2.14. The molecule has 1 rings (SSSR count). The maximum absolute atomic E-state index is 11.6. The van der Waals surface area contributed by atoms with Gasteiger partial charge in [-0.3, -0.25) is 9.59 Å². The highest BCUT2D eigenvalue weighted by atomic mass is 16.3. The number of rotatable bonds is 10. The van der Waals surface area contributed by atoms with Crippen LogP contribution in [0.4, 0.5) is 0 Å². The number of aliphatic hydroxyl groups is 1. The fourth-order valence-corrected chi connectivity index (χ4v) is 1.97. The van der Waals surface area contributed by atoms with E-state index >= 15 is 0 Å². The Morgan fingerprint density at radius 2 is 1.78 bits per heavy atom. The van der Waals surface area contributed by atoms with Gasteiger partial charge >= 0.3 is 0 Å². The predicted octanol–water partition coefficient (Wildman–Crippen LogP) is 1.73. The fourth-order valence-electron chi connectivity index (χ4n) is 1.97. The van der Waals surface area contributed by atoms with E-state index in [9.17, 15) is 9.59 Å². The fraction of sp³-hybridized carbons (Fsp3) is 0.444. The lowest BCUT2D eigenvalue weighted by atomic mass is 10.1. The van der Waals surface area contributed by atoms with Crippen LogP contribution in [0, 0.1) is 5.92 Å². The van der Waals surface area contributed by atoms with Crippen LogP contribution in [0.1, 0.15) is 31.7 Å². The Kier molecular flexibility index (Phi) is 9.40. The third-order valence-corrected chi connectivity index (χ3v) is 3.44. The second-order valence-electron chi connectivity index (χ2n) is 5.45. The summed E-state index contributed by atoms with van der Waals surface area (Å²) in [4.78, 5) is 23.2. The molecule has 0 aliphatic rings. The van der Waals surface area contributed by atoms with Gasteiger partial charge in [0, 0.05) is 31.7 Å². The van der Waals surface area contributed by atoms with Crippen LogP contribution in [0.3, 0.4) is 0 Å². The minimum Gasteiger partial charge on any atom is -0.396 e. The molecule has 0 spiro atoms. The van der Waals surface area contributed by atoms with Crippen molar-refractivity contribution in [2.75, 3.05) is 19.7 Å². The Morgan fingerprint density at radius 1 is 1.13 bits per heavy atom. The molecule has 0 saturated heterocycles. The van der Waals surface area contributed by atoms with Crippen molar-refractivity contribution in [3.8, 4) is 0 Å². The molecule has 23 heavy (non-hydrogen) atoms. The van der Waals surface area contributed by atoms with Gasteiger partial charge in [-0.1, -0.05) is 37.3 Å². The lowest BCUT2D eigenvalue weighted by Gasteiger charge is -2.10. The molecular formula is C18H26N2O3. The first-order valence-corrected chi connectivity index (χ1v) is 8.03. The molecule has 5 heteroatoms. The van der Waals surface area contributed by atoms with Gasteiger partial charge in [-0.15, -0.1) is 0 Å². The zero-order valence-electron chi connectivity index (χ0n) is 13.6. The summed E-state index contributed by atoms with van der Waals surface area (Å²) in [6.07, 6.45) is 5.39. The SMILES string of the molecule is C[C@H](CCO)C(=O)NCCCCNC(=O)/C=C/c1ccccc1. The molecule has 126 valence electrons. The number of hydrogen-bond acceptors (Lipinski definition) is 3. The summed E-state index contributed by atoms with van der Waals surface area (Å²) in [6, 6.07) is 9.65. The summed E-state index contributed by atoms with van der Waals surface area (Å²) in [5.41, 5.74) is 0.988. The maximum Gasteiger partial charge on any atom is 0.243 e. The number of aliphatic hydroxyl groups excluding tert-OH is 1. The van der Waals surface area contributed by atoms with Gasteiger partial charge in [0.15, 0.2) is 0 Å². The lowest BCUT2D eigenvalue weighted by molar-refractivity contribution is -0.125. The van der Waals surface area contributed by atoms with Crippen molar-refractivity contribution in [1.29, 1.82) is 0 Å². The molecule has 0 aromatic heterocycles. The van der Waals surface area contributed by atoms with E-state index in [4.69, 9.17) is 5.11 Å². The lowest BCUT2D eigenvalue weighted by Crippen LogP contribution is -2.31. The molecule has 3 N–H and O–H groups in total. The average molecular weight is 318 g/mol. The van der Waals surface area contributed by atoms with E-state index in [0.717, 1.165) is 18.4 Å². The molecule has 2 amide bonds. The van der Waals surface area contributed by atoms with Gasteiger partial charge in [-0.25, -0.2) is 0 Å². The molecule has 5 nitrogen and oxygen atoms in total. The first-order valence-electron chi connectivity index (χ1n) is 8.03. The normalized spacial score (nSPS) is 12.1. The van der Waals surface area contributed by atoms with E-state index < -0.39 is 0 Å². The van der Waals surface area contributed by atoms with Gasteiger partial charge in [0.1, 0.15) is 0 Å². The topological polar surface area (TPSA) is 78.4 Å². The molecule has 0 radical (unpaired) electrons. The molecule has 0 fully saturated rings. The Morgan fingerprint density at radius 3 is 2.43 bits per heavy atom. The zero-order valence-corrected chi connectivity index (χ0v) is 13.6. The zero-order chi connectivity index (χ0) is 16.9. The predicted molar refractivity (Wildman–Crippen MR) is 91.6 cm³/mol. The molecule has 0 unspecified atom stereocenters. The number of carbonyl (C=O) groups excluding carboxylic acids is 2. The first kappa shape index (κ1) is 18.9. The Labute approximate surface area is 137 Å². The van der Waals surface area contributed by atoms with Crippen LogP contribution in [0.2, 0.25) is 0 Å². The number of benzene rings is 1. The number of carbonyl (C=O) groups is 2. The van der Waals surface area contributed by atoms with Crippen LogP contribution < -0.4 is 10.6 Å². The minimum absolute atomic E-state index is 0.0249. The van der Waals surface area contributed by atoms with E-state index in [1.165, 1.54) is 6.08 Å². The van der Waals surface area contributed by atoms with Crippen molar-refractivity contribution in [2.45, 2.75) is 26.2 Å². The highest BCUT2D eigenvalue weighted by Crippen LogP contribution is 2.01. The standard InChI is InChI=1S/C18H26N2O3/c1-15(11-14-21)18(23)20-13-6-5-12-19-17(22)10-9-16-7-3-2-4-8-16/h2-4,7-10,15,21H,5-6,11-14H2,1H3,(H,19,22)(H,20,23)/b10-9+/t15-/m1/s1. The molecule has 0 heterocycles. The molecule has 1 aromatic rings. The molecule has 0 aliphatic carbocycles. The Bertz CT molecular complexity index is 500. The molecule has 0 bridgehead atoms. The van der Waals surface area contributed by atoms with Crippen LogP contribution in [0.15, 0.2) is 36.4 Å². The van der Waals surface area contributed by atoms with Gasteiger partial charge in [0.25, 0.3) is 0 Å². The van der Waals surface area contributed by atoms with Crippen LogP contribution in [-0.2, 0) is 9.59 Å². The van der Waals surface area contributed by atoms with E-state index in [2.05, 4.69) is 10.6 Å². The number of nitrogens with one attached hydrogen (secondary N) is 2. The van der Waals surface area contributed by atoms with E-state index in [0.29, 0.717) is 19.5 Å². The molecule has 1 aromatic carbocycles.